The number of hydrogen-bond acceptors (Lipinski definition) is 3. The Morgan fingerprint density at radius 2 is 1.42 bits per heavy atom. The third kappa shape index (κ3) is 5.25. The molecule has 1 N–H and O–H groups in total. The minimum Gasteiger partial charge on any atom is -0.507 e. The van der Waals surface area contributed by atoms with E-state index in [0.717, 1.165) is 29.5 Å². The van der Waals surface area contributed by atoms with Crippen LogP contribution in [0.2, 0.25) is 0 Å². The topological polar surface area (TPSA) is 46.5 Å². The maximum absolute atomic E-state index is 12.1. The van der Waals surface area contributed by atoms with E-state index in [4.69, 9.17) is 4.74 Å². The van der Waals surface area contributed by atoms with E-state index in [9.17, 15) is 9.90 Å². The number of hydrogen-bond donors (Lipinski definition) is 1. The van der Waals surface area contributed by atoms with Crippen LogP contribution in [0.1, 0.15) is 104 Å². The van der Waals surface area contributed by atoms with Gasteiger partial charge in [-0.25, -0.2) is 0 Å². The molecule has 0 spiro atoms. The lowest BCUT2D eigenvalue weighted by atomic mass is 9.73. The number of phenolic OH excluding ortho intramolecular Hbond substituents is 1. The van der Waals surface area contributed by atoms with E-state index >= 15 is 0 Å². The molecule has 0 amide bonds. The Balaban J connectivity index is 3.42. The Bertz CT molecular complexity index is 589. The van der Waals surface area contributed by atoms with Crippen LogP contribution in [-0.2, 0) is 20.4 Å². The SMILES string of the molecule is CCC(C)(C)c1cc(C(C)CC(=O)OC(C)C)cc(C(C)(C)CC)c1O. The van der Waals surface area contributed by atoms with Crippen molar-refractivity contribution in [3.8, 4) is 5.75 Å². The molecule has 1 unspecified atom stereocenters. The van der Waals surface area contributed by atoms with Crippen molar-refractivity contribution in [3.63, 3.8) is 0 Å². The summed E-state index contributed by atoms with van der Waals surface area (Å²) in [5.41, 5.74) is 2.78. The van der Waals surface area contributed by atoms with Gasteiger partial charge in [-0.05, 0) is 49.0 Å². The van der Waals surface area contributed by atoms with Crippen LogP contribution < -0.4 is 0 Å². The predicted octanol–water partition coefficient (Wildman–Crippen LogP) is 6.21. The zero-order valence-corrected chi connectivity index (χ0v) is 18.2. The molecule has 0 saturated heterocycles. The third-order valence-corrected chi connectivity index (χ3v) is 5.77. The Morgan fingerprint density at radius 1 is 1.00 bits per heavy atom. The summed E-state index contributed by atoms with van der Waals surface area (Å²) in [6.45, 7) is 18.7. The second-order valence-corrected chi connectivity index (χ2v) is 9.08. The first-order valence-electron chi connectivity index (χ1n) is 9.93. The van der Waals surface area contributed by atoms with Gasteiger partial charge in [0.25, 0.3) is 0 Å². The van der Waals surface area contributed by atoms with Crippen molar-refractivity contribution < 1.29 is 14.6 Å². The summed E-state index contributed by atoms with van der Waals surface area (Å²) < 4.78 is 5.32. The van der Waals surface area contributed by atoms with Crippen LogP contribution in [0.4, 0.5) is 0 Å². The maximum Gasteiger partial charge on any atom is 0.306 e. The Hall–Kier alpha value is -1.51. The summed E-state index contributed by atoms with van der Waals surface area (Å²) in [5, 5.41) is 11.0. The lowest BCUT2D eigenvalue weighted by Crippen LogP contribution is -2.22. The van der Waals surface area contributed by atoms with Gasteiger partial charge in [0.1, 0.15) is 5.75 Å². The Morgan fingerprint density at radius 3 is 1.77 bits per heavy atom. The van der Waals surface area contributed by atoms with Gasteiger partial charge in [-0.2, -0.15) is 0 Å². The smallest absolute Gasteiger partial charge is 0.306 e. The molecule has 0 fully saturated rings. The molecule has 1 aromatic rings. The van der Waals surface area contributed by atoms with Crippen LogP contribution in [0, 0.1) is 0 Å². The van der Waals surface area contributed by atoms with Crippen molar-refractivity contribution in [2.24, 2.45) is 0 Å². The number of rotatable bonds is 8. The van der Waals surface area contributed by atoms with Crippen molar-refractivity contribution in [2.45, 2.75) is 104 Å². The first kappa shape index (κ1) is 22.5. The molecule has 0 bridgehead atoms. The van der Waals surface area contributed by atoms with Gasteiger partial charge < -0.3 is 9.84 Å². The highest BCUT2D eigenvalue weighted by molar-refractivity contribution is 5.70. The highest BCUT2D eigenvalue weighted by Crippen LogP contribution is 2.43. The fourth-order valence-corrected chi connectivity index (χ4v) is 3.03. The normalized spacial score (nSPS) is 13.8. The van der Waals surface area contributed by atoms with Gasteiger partial charge in [0.2, 0.25) is 0 Å². The van der Waals surface area contributed by atoms with E-state index < -0.39 is 0 Å². The summed E-state index contributed by atoms with van der Waals surface area (Å²) in [6, 6.07) is 4.17. The van der Waals surface area contributed by atoms with Gasteiger partial charge >= 0.3 is 5.97 Å². The molecule has 0 heterocycles. The van der Waals surface area contributed by atoms with Gasteiger partial charge in [-0.15, -0.1) is 0 Å². The first-order valence-corrected chi connectivity index (χ1v) is 9.93. The number of phenols is 1. The summed E-state index contributed by atoms with van der Waals surface area (Å²) in [4.78, 5) is 12.1. The van der Waals surface area contributed by atoms with Crippen LogP contribution in [-0.4, -0.2) is 17.2 Å². The number of carbonyl (C=O) groups excluding carboxylic acids is 1. The zero-order valence-electron chi connectivity index (χ0n) is 18.2. The quantitative estimate of drug-likeness (QED) is 0.559. The van der Waals surface area contributed by atoms with Crippen molar-refractivity contribution in [1.29, 1.82) is 0 Å². The molecular formula is C23H38O3. The van der Waals surface area contributed by atoms with Crippen LogP contribution in [0.3, 0.4) is 0 Å². The van der Waals surface area contributed by atoms with E-state index in [-0.39, 0.29) is 28.8 Å². The molecule has 26 heavy (non-hydrogen) atoms. The molecule has 3 nitrogen and oxygen atoms in total. The monoisotopic (exact) mass is 362 g/mol. The average molecular weight is 363 g/mol. The number of benzene rings is 1. The number of ether oxygens (including phenoxy) is 1. The van der Waals surface area contributed by atoms with E-state index in [1.807, 2.05) is 13.8 Å². The first-order chi connectivity index (χ1) is 11.9. The van der Waals surface area contributed by atoms with Gasteiger partial charge in [0.05, 0.1) is 12.5 Å². The molecular weight excluding hydrogens is 324 g/mol. The van der Waals surface area contributed by atoms with E-state index in [2.05, 4.69) is 60.6 Å². The van der Waals surface area contributed by atoms with Crippen LogP contribution >= 0.6 is 0 Å². The molecule has 0 aliphatic heterocycles. The molecule has 0 aliphatic rings. The zero-order chi connectivity index (χ0) is 20.3. The number of aromatic hydroxyl groups is 1. The van der Waals surface area contributed by atoms with Crippen molar-refractivity contribution in [3.05, 3.63) is 28.8 Å². The minimum atomic E-state index is -0.173. The molecule has 0 aromatic heterocycles. The summed E-state index contributed by atoms with van der Waals surface area (Å²) >= 11 is 0. The minimum absolute atomic E-state index is 0.0414. The van der Waals surface area contributed by atoms with E-state index in [1.165, 1.54) is 0 Å². The number of esters is 1. The molecule has 0 aliphatic carbocycles. The predicted molar refractivity (Wildman–Crippen MR) is 109 cm³/mol. The fourth-order valence-electron chi connectivity index (χ4n) is 3.03. The molecule has 0 saturated carbocycles. The fraction of sp³-hybridized carbons (Fsp3) is 0.696. The van der Waals surface area contributed by atoms with Crippen LogP contribution in [0.5, 0.6) is 5.75 Å². The molecule has 1 atom stereocenters. The van der Waals surface area contributed by atoms with Crippen molar-refractivity contribution in [2.75, 3.05) is 0 Å². The van der Waals surface area contributed by atoms with Crippen molar-refractivity contribution >= 4 is 5.97 Å². The molecule has 3 heteroatoms. The average Bonchev–Trinajstić information content (AvgIpc) is 2.53. The molecule has 0 radical (unpaired) electrons. The summed E-state index contributed by atoms with van der Waals surface area (Å²) in [5.74, 6) is 0.275. The Kier molecular flexibility index (Phi) is 7.33. The second kappa shape index (κ2) is 8.45. The lowest BCUT2D eigenvalue weighted by molar-refractivity contribution is -0.147. The highest BCUT2D eigenvalue weighted by Gasteiger charge is 2.30. The van der Waals surface area contributed by atoms with Crippen LogP contribution in [0.15, 0.2) is 12.1 Å². The maximum atomic E-state index is 12.1. The van der Waals surface area contributed by atoms with E-state index in [0.29, 0.717) is 12.2 Å². The van der Waals surface area contributed by atoms with Gasteiger partial charge in [0.15, 0.2) is 0 Å². The largest absolute Gasteiger partial charge is 0.507 e. The van der Waals surface area contributed by atoms with Gasteiger partial charge in [-0.3, -0.25) is 4.79 Å². The lowest BCUT2D eigenvalue weighted by Gasteiger charge is -2.32. The second-order valence-electron chi connectivity index (χ2n) is 9.08. The summed E-state index contributed by atoms with van der Waals surface area (Å²) in [6.07, 6.45) is 2.11. The van der Waals surface area contributed by atoms with E-state index in [1.54, 1.807) is 0 Å². The summed E-state index contributed by atoms with van der Waals surface area (Å²) in [7, 11) is 0. The van der Waals surface area contributed by atoms with Gasteiger partial charge in [0, 0.05) is 11.1 Å². The van der Waals surface area contributed by atoms with Crippen molar-refractivity contribution in [1.82, 2.24) is 0 Å². The van der Waals surface area contributed by atoms with Crippen LogP contribution in [0.25, 0.3) is 0 Å². The van der Waals surface area contributed by atoms with Gasteiger partial charge in [-0.1, -0.05) is 60.6 Å². The third-order valence-electron chi connectivity index (χ3n) is 5.77. The molecule has 148 valence electrons. The molecule has 1 aromatic carbocycles. The Labute approximate surface area is 160 Å². The number of carbonyl (C=O) groups is 1. The highest BCUT2D eigenvalue weighted by atomic mass is 16.5. The standard InChI is InChI=1S/C23H38O3/c1-10-22(6,7)18-13-17(16(5)12-20(24)26-15(3)4)14-19(21(18)25)23(8,9)11-2/h13-16,25H,10-12H2,1-9H3. The molecule has 1 rings (SSSR count).